The molecule has 0 bridgehead atoms. The van der Waals surface area contributed by atoms with Crippen molar-refractivity contribution in [3.05, 3.63) is 60.8 Å². The van der Waals surface area contributed by atoms with E-state index in [0.29, 0.717) is 19.4 Å². The van der Waals surface area contributed by atoms with Gasteiger partial charge in [0, 0.05) is 12.8 Å². The Hall–Kier alpha value is -2.44. The molecule has 0 aromatic heterocycles. The fourth-order valence-electron chi connectivity index (χ4n) is 11.2. The van der Waals surface area contributed by atoms with E-state index in [4.69, 9.17) is 4.74 Å². The zero-order valence-electron chi connectivity index (χ0n) is 55.0. The third kappa shape index (κ3) is 66.7. The zero-order chi connectivity index (χ0) is 59.2. The summed E-state index contributed by atoms with van der Waals surface area (Å²) >= 11 is 0. The van der Waals surface area contributed by atoms with Crippen molar-refractivity contribution in [1.29, 1.82) is 0 Å². The lowest BCUT2D eigenvalue weighted by atomic mass is 10.0. The molecular weight excluding hydrogens is 1010 g/mol. The lowest BCUT2D eigenvalue weighted by Crippen LogP contribution is -2.45. The number of nitrogens with one attached hydrogen (secondary N) is 1. The summed E-state index contributed by atoms with van der Waals surface area (Å²) in [5, 5.41) is 23.1. The van der Waals surface area contributed by atoms with E-state index in [0.717, 1.165) is 57.8 Å². The van der Waals surface area contributed by atoms with Crippen molar-refractivity contribution in [2.24, 2.45) is 0 Å². The number of carbonyl (C=O) groups is 2. The van der Waals surface area contributed by atoms with Gasteiger partial charge in [-0.2, -0.15) is 0 Å². The quantitative estimate of drug-likeness (QED) is 0.0320. The van der Waals surface area contributed by atoms with Crippen LogP contribution in [-0.4, -0.2) is 47.4 Å². The van der Waals surface area contributed by atoms with Crippen LogP contribution < -0.4 is 5.32 Å². The van der Waals surface area contributed by atoms with Gasteiger partial charge < -0.3 is 20.3 Å². The normalized spacial score (nSPS) is 12.9. The molecule has 0 saturated heterocycles. The van der Waals surface area contributed by atoms with Crippen molar-refractivity contribution in [3.8, 4) is 0 Å². The second-order valence-electron chi connectivity index (χ2n) is 24.9. The Balaban J connectivity index is 3.35. The molecule has 480 valence electrons. The summed E-state index contributed by atoms with van der Waals surface area (Å²) in [6, 6.07) is -0.625. The van der Waals surface area contributed by atoms with Crippen molar-refractivity contribution in [3.63, 3.8) is 0 Å². The Morgan fingerprint density at radius 3 is 0.951 bits per heavy atom. The van der Waals surface area contributed by atoms with Gasteiger partial charge in [-0.25, -0.2) is 0 Å². The second-order valence-corrected chi connectivity index (χ2v) is 24.9. The Morgan fingerprint density at radius 2 is 0.610 bits per heavy atom. The molecule has 3 N–H and O–H groups in total. The molecule has 0 aromatic carbocycles. The van der Waals surface area contributed by atoms with Crippen molar-refractivity contribution in [1.82, 2.24) is 5.32 Å². The molecule has 0 spiro atoms. The standard InChI is InChI=1S/C76H141NO5/c1-3-5-7-9-11-13-15-16-42-46-50-54-58-62-66-70-76(81)82-71-67-63-59-55-51-47-44-41-39-37-35-33-31-29-27-25-23-21-19-17-18-20-22-24-26-28-30-32-34-36-38-40-43-45-49-53-57-61-65-69-75(80)77-73(72-78)74(79)68-64-60-56-52-48-14-12-10-8-6-4-2/h11,13,16-18,21,23,42,64,68,73-74,78-79H,3-10,12,14-15,19-20,22,24-41,43-63,65-67,69-72H2,1-2H3,(H,77,80)/b13-11-,18-17-,23-21-,42-16-,68-64+. The maximum Gasteiger partial charge on any atom is 0.305 e. The van der Waals surface area contributed by atoms with E-state index in [9.17, 15) is 19.8 Å². The fourth-order valence-corrected chi connectivity index (χ4v) is 11.2. The molecule has 0 aliphatic heterocycles. The Kier molecular flexibility index (Phi) is 68.9. The lowest BCUT2D eigenvalue weighted by Gasteiger charge is -2.20. The third-order valence-corrected chi connectivity index (χ3v) is 16.8. The van der Waals surface area contributed by atoms with Crippen LogP contribution >= 0.6 is 0 Å². The molecule has 0 saturated carbocycles. The van der Waals surface area contributed by atoms with Crippen molar-refractivity contribution >= 4 is 11.9 Å². The third-order valence-electron chi connectivity index (χ3n) is 16.8. The molecule has 0 radical (unpaired) electrons. The Morgan fingerprint density at radius 1 is 0.341 bits per heavy atom. The van der Waals surface area contributed by atoms with Gasteiger partial charge in [-0.1, -0.05) is 338 Å². The van der Waals surface area contributed by atoms with Gasteiger partial charge >= 0.3 is 5.97 Å². The first kappa shape index (κ1) is 79.6. The molecule has 82 heavy (non-hydrogen) atoms. The highest BCUT2D eigenvalue weighted by molar-refractivity contribution is 5.76. The molecule has 0 fully saturated rings. The molecule has 0 heterocycles. The summed E-state index contributed by atoms with van der Waals surface area (Å²) in [7, 11) is 0. The molecule has 0 aromatic rings. The zero-order valence-corrected chi connectivity index (χ0v) is 55.0. The summed E-state index contributed by atoms with van der Waals surface area (Å²) in [5.41, 5.74) is 0. The number of carbonyl (C=O) groups excluding carboxylic acids is 2. The molecular formula is C76H141NO5. The number of allylic oxidation sites excluding steroid dienone is 9. The van der Waals surface area contributed by atoms with Gasteiger partial charge in [0.15, 0.2) is 0 Å². The number of unbranched alkanes of at least 4 members (excludes halogenated alkanes) is 49. The molecule has 2 atom stereocenters. The number of rotatable bonds is 68. The topological polar surface area (TPSA) is 95.9 Å². The summed E-state index contributed by atoms with van der Waals surface area (Å²) in [4.78, 5) is 24.5. The van der Waals surface area contributed by atoms with Gasteiger partial charge in [-0.05, 0) is 96.3 Å². The van der Waals surface area contributed by atoms with Crippen LogP contribution in [0.3, 0.4) is 0 Å². The van der Waals surface area contributed by atoms with E-state index in [1.54, 1.807) is 6.08 Å². The SMILES string of the molecule is CCCCC/C=C\C/C=C\CCCCCCCC(=O)OCCCCCCCCCCCCCCCCC/C=C\C/C=C\CCCCCCCCCCCCCCCCCCCC(=O)NC(CO)C(O)/C=C/CCCCCCCCCCC. The average molecular weight is 1150 g/mol. The molecule has 0 aliphatic carbocycles. The predicted octanol–water partition coefficient (Wildman–Crippen LogP) is 23.8. The largest absolute Gasteiger partial charge is 0.466 e. The number of aliphatic hydroxyl groups is 2. The van der Waals surface area contributed by atoms with Crippen LogP contribution in [0.25, 0.3) is 0 Å². The van der Waals surface area contributed by atoms with Crippen molar-refractivity contribution in [2.75, 3.05) is 13.2 Å². The maximum atomic E-state index is 12.4. The molecule has 6 heteroatoms. The number of amides is 1. The maximum absolute atomic E-state index is 12.4. The van der Waals surface area contributed by atoms with Crippen LogP contribution in [0.15, 0.2) is 60.8 Å². The van der Waals surface area contributed by atoms with Crippen LogP contribution in [0, 0.1) is 0 Å². The van der Waals surface area contributed by atoms with Crippen LogP contribution in [0.1, 0.15) is 386 Å². The number of ether oxygens (including phenoxy) is 1. The van der Waals surface area contributed by atoms with Crippen LogP contribution in [-0.2, 0) is 14.3 Å². The van der Waals surface area contributed by atoms with Gasteiger partial charge in [0.2, 0.25) is 5.91 Å². The summed E-state index contributed by atoms with van der Waals surface area (Å²) in [6.45, 7) is 4.88. The van der Waals surface area contributed by atoms with Gasteiger partial charge in [0.25, 0.3) is 0 Å². The molecule has 6 nitrogen and oxygen atoms in total. The fraction of sp³-hybridized carbons (Fsp3) is 0.842. The molecule has 0 rings (SSSR count). The average Bonchev–Trinajstić information content (AvgIpc) is 3.48. The first-order valence-corrected chi connectivity index (χ1v) is 36.6. The van der Waals surface area contributed by atoms with Crippen LogP contribution in [0.5, 0.6) is 0 Å². The number of aliphatic hydroxyl groups excluding tert-OH is 2. The van der Waals surface area contributed by atoms with Gasteiger partial charge in [0.05, 0.1) is 25.4 Å². The number of esters is 1. The highest BCUT2D eigenvalue weighted by atomic mass is 16.5. The first-order chi connectivity index (χ1) is 40.5. The lowest BCUT2D eigenvalue weighted by molar-refractivity contribution is -0.143. The van der Waals surface area contributed by atoms with E-state index >= 15 is 0 Å². The smallest absolute Gasteiger partial charge is 0.305 e. The van der Waals surface area contributed by atoms with Gasteiger partial charge in [0.1, 0.15) is 0 Å². The highest BCUT2D eigenvalue weighted by Crippen LogP contribution is 2.18. The van der Waals surface area contributed by atoms with Crippen molar-refractivity contribution in [2.45, 2.75) is 398 Å². The van der Waals surface area contributed by atoms with E-state index in [1.807, 2.05) is 6.08 Å². The number of hydrogen-bond acceptors (Lipinski definition) is 5. The Bertz CT molecular complexity index is 1420. The minimum atomic E-state index is -0.841. The van der Waals surface area contributed by atoms with E-state index < -0.39 is 12.1 Å². The Labute approximate surface area is 511 Å². The summed E-state index contributed by atoms with van der Waals surface area (Å²) in [5.74, 6) is -0.0594. The monoisotopic (exact) mass is 1150 g/mol. The van der Waals surface area contributed by atoms with Crippen LogP contribution in [0.2, 0.25) is 0 Å². The van der Waals surface area contributed by atoms with Crippen molar-refractivity contribution < 1.29 is 24.5 Å². The minimum Gasteiger partial charge on any atom is -0.466 e. The second kappa shape index (κ2) is 71.0. The van der Waals surface area contributed by atoms with E-state index in [2.05, 4.69) is 67.8 Å². The summed E-state index contributed by atoms with van der Waals surface area (Å²) < 4.78 is 5.49. The van der Waals surface area contributed by atoms with Gasteiger partial charge in [-0.15, -0.1) is 0 Å². The predicted molar refractivity (Wildman–Crippen MR) is 361 cm³/mol. The minimum absolute atomic E-state index is 0.00590. The highest BCUT2D eigenvalue weighted by Gasteiger charge is 2.18. The van der Waals surface area contributed by atoms with Gasteiger partial charge in [-0.3, -0.25) is 9.59 Å². The molecule has 0 aliphatic rings. The van der Waals surface area contributed by atoms with Crippen LogP contribution in [0.4, 0.5) is 0 Å². The first-order valence-electron chi connectivity index (χ1n) is 36.6. The number of hydrogen-bond donors (Lipinski definition) is 3. The molecule has 2 unspecified atom stereocenters. The summed E-state index contributed by atoms with van der Waals surface area (Å²) in [6.07, 6.45) is 94.7. The van der Waals surface area contributed by atoms with E-state index in [-0.39, 0.29) is 18.5 Å². The van der Waals surface area contributed by atoms with E-state index in [1.165, 1.54) is 302 Å². The molecule has 1 amide bonds.